The normalized spacial score (nSPS) is 14.1. The first-order chi connectivity index (χ1) is 27.0. The van der Waals surface area contributed by atoms with E-state index >= 15 is 0 Å². The number of carbonyl (C=O) groups is 2. The van der Waals surface area contributed by atoms with Crippen LogP contribution in [0.25, 0.3) is 0 Å². The Morgan fingerprint density at radius 3 is 1.71 bits per heavy atom. The Kier molecular flexibility index (Phi) is 40.4. The molecule has 0 saturated heterocycles. The maximum Gasteiger partial charge on any atom is 0.306 e. The van der Waals surface area contributed by atoms with Gasteiger partial charge in [-0.3, -0.25) is 9.59 Å². The van der Waals surface area contributed by atoms with Gasteiger partial charge in [-0.2, -0.15) is 0 Å². The summed E-state index contributed by atoms with van der Waals surface area (Å²) < 4.78 is 5.87. The topological polar surface area (TPSA) is 95.9 Å². The number of carbonyl (C=O) groups excluding carboxylic acids is 2. The summed E-state index contributed by atoms with van der Waals surface area (Å²) in [6, 6.07) is -0.718. The standard InChI is InChI=1S/C49H85NO5/c1-4-7-10-13-16-19-22-23-24-27-30-33-36-39-42-49(54)55-45(40-37-34-31-28-25-20-17-14-11-8-5-2)43-48(53)50-46(44-51)47(52)41-38-35-32-29-26-21-18-15-12-9-6-3/h7-8,10-11,14,16-17,19-20,23-25,45-47,51-52H,4-6,9,12-13,15,18,21-22,26-44H2,1-3H3,(H,50,53)/b10-7+,11-8+,17-14+,19-16+,24-23+,25-20-. The van der Waals surface area contributed by atoms with E-state index in [1.165, 1.54) is 51.4 Å². The second-order valence-electron chi connectivity index (χ2n) is 15.1. The van der Waals surface area contributed by atoms with Crippen molar-refractivity contribution in [2.24, 2.45) is 0 Å². The van der Waals surface area contributed by atoms with Crippen LogP contribution in [0.4, 0.5) is 0 Å². The van der Waals surface area contributed by atoms with Gasteiger partial charge >= 0.3 is 5.97 Å². The van der Waals surface area contributed by atoms with Gasteiger partial charge in [-0.25, -0.2) is 0 Å². The number of esters is 1. The van der Waals surface area contributed by atoms with Crippen molar-refractivity contribution in [2.45, 2.75) is 219 Å². The van der Waals surface area contributed by atoms with E-state index in [0.717, 1.165) is 103 Å². The zero-order valence-electron chi connectivity index (χ0n) is 35.8. The lowest BCUT2D eigenvalue weighted by Crippen LogP contribution is -2.46. The molecule has 0 aromatic carbocycles. The summed E-state index contributed by atoms with van der Waals surface area (Å²) in [6.45, 7) is 6.19. The third-order valence-electron chi connectivity index (χ3n) is 9.84. The minimum atomic E-state index is -0.801. The molecule has 3 unspecified atom stereocenters. The van der Waals surface area contributed by atoms with E-state index in [2.05, 4.69) is 86.8 Å². The summed E-state index contributed by atoms with van der Waals surface area (Å²) in [7, 11) is 0. The second-order valence-corrected chi connectivity index (χ2v) is 15.1. The highest BCUT2D eigenvalue weighted by molar-refractivity contribution is 5.77. The van der Waals surface area contributed by atoms with E-state index in [0.29, 0.717) is 19.3 Å². The number of allylic oxidation sites excluding steroid dienone is 12. The molecule has 1 amide bonds. The van der Waals surface area contributed by atoms with Gasteiger partial charge in [0.15, 0.2) is 0 Å². The fraction of sp³-hybridized carbons (Fsp3) is 0.714. The number of hydrogen-bond acceptors (Lipinski definition) is 5. The molecule has 0 aliphatic carbocycles. The Labute approximate surface area is 339 Å². The van der Waals surface area contributed by atoms with E-state index in [9.17, 15) is 19.8 Å². The summed E-state index contributed by atoms with van der Waals surface area (Å²) >= 11 is 0. The highest BCUT2D eigenvalue weighted by atomic mass is 16.5. The van der Waals surface area contributed by atoms with Crippen molar-refractivity contribution in [3.05, 3.63) is 72.9 Å². The Morgan fingerprint density at radius 2 is 1.07 bits per heavy atom. The SMILES string of the molecule is CC/C=C/C=C/C=C\CCCCCC(CC(=O)NC(CO)C(O)CCCCCCCCCCCCC)OC(=O)CCCCCC/C=C/C/C=C/C/C=C/CC. The van der Waals surface area contributed by atoms with E-state index in [1.54, 1.807) is 0 Å². The molecule has 0 rings (SSSR count). The molecule has 55 heavy (non-hydrogen) atoms. The fourth-order valence-electron chi connectivity index (χ4n) is 6.44. The van der Waals surface area contributed by atoms with Gasteiger partial charge in [-0.1, -0.05) is 184 Å². The second kappa shape index (κ2) is 42.4. The van der Waals surface area contributed by atoms with Gasteiger partial charge < -0.3 is 20.3 Å². The van der Waals surface area contributed by atoms with Gasteiger partial charge in [0, 0.05) is 6.42 Å². The zero-order chi connectivity index (χ0) is 40.3. The molecule has 0 bridgehead atoms. The molecule has 6 nitrogen and oxygen atoms in total. The zero-order valence-corrected chi connectivity index (χ0v) is 35.8. The van der Waals surface area contributed by atoms with Gasteiger partial charge in [0.05, 0.1) is 25.2 Å². The molecule has 0 radical (unpaired) electrons. The number of nitrogens with one attached hydrogen (secondary N) is 1. The van der Waals surface area contributed by atoms with Crippen LogP contribution in [0.3, 0.4) is 0 Å². The maximum absolute atomic E-state index is 13.1. The Bertz CT molecular complexity index is 1040. The quantitative estimate of drug-likeness (QED) is 0.0250. The van der Waals surface area contributed by atoms with Crippen LogP contribution in [0, 0.1) is 0 Å². The fourth-order valence-corrected chi connectivity index (χ4v) is 6.44. The summed E-state index contributed by atoms with van der Waals surface area (Å²) in [5.41, 5.74) is 0. The summed E-state index contributed by atoms with van der Waals surface area (Å²) in [4.78, 5) is 26.0. The molecule has 0 heterocycles. The Hall–Kier alpha value is -2.70. The molecule has 0 aromatic rings. The van der Waals surface area contributed by atoms with Crippen LogP contribution in [0.2, 0.25) is 0 Å². The average molecular weight is 768 g/mol. The number of rotatable bonds is 39. The Balaban J connectivity index is 4.67. The molecule has 0 spiro atoms. The van der Waals surface area contributed by atoms with Crippen LogP contribution in [0.15, 0.2) is 72.9 Å². The van der Waals surface area contributed by atoms with Crippen LogP contribution in [-0.2, 0) is 14.3 Å². The summed E-state index contributed by atoms with van der Waals surface area (Å²) in [6.07, 6.45) is 52.5. The monoisotopic (exact) mass is 768 g/mol. The molecule has 0 saturated carbocycles. The highest BCUT2D eigenvalue weighted by Crippen LogP contribution is 2.17. The van der Waals surface area contributed by atoms with Crippen molar-refractivity contribution >= 4 is 11.9 Å². The third-order valence-corrected chi connectivity index (χ3v) is 9.84. The van der Waals surface area contributed by atoms with E-state index in [4.69, 9.17) is 4.74 Å². The summed E-state index contributed by atoms with van der Waals surface area (Å²) in [5.74, 6) is -0.543. The van der Waals surface area contributed by atoms with Crippen molar-refractivity contribution in [1.82, 2.24) is 5.32 Å². The predicted molar refractivity (Wildman–Crippen MR) is 236 cm³/mol. The molecular weight excluding hydrogens is 683 g/mol. The third kappa shape index (κ3) is 38.0. The van der Waals surface area contributed by atoms with Crippen LogP contribution in [0.1, 0.15) is 201 Å². The number of aliphatic hydroxyl groups is 2. The van der Waals surface area contributed by atoms with E-state index < -0.39 is 18.2 Å². The molecule has 0 fully saturated rings. The van der Waals surface area contributed by atoms with Crippen LogP contribution < -0.4 is 5.32 Å². The smallest absolute Gasteiger partial charge is 0.306 e. The average Bonchev–Trinajstić information content (AvgIpc) is 3.18. The van der Waals surface area contributed by atoms with E-state index in [-0.39, 0.29) is 24.9 Å². The van der Waals surface area contributed by atoms with Crippen LogP contribution in [0.5, 0.6) is 0 Å². The van der Waals surface area contributed by atoms with Gasteiger partial charge in [0.2, 0.25) is 5.91 Å². The molecule has 0 aliphatic rings. The maximum atomic E-state index is 13.1. The lowest BCUT2D eigenvalue weighted by Gasteiger charge is -2.24. The molecule has 316 valence electrons. The minimum Gasteiger partial charge on any atom is -0.462 e. The van der Waals surface area contributed by atoms with Gasteiger partial charge in [-0.15, -0.1) is 0 Å². The highest BCUT2D eigenvalue weighted by Gasteiger charge is 2.24. The molecule has 0 aliphatic heterocycles. The first-order valence-electron chi connectivity index (χ1n) is 22.7. The Morgan fingerprint density at radius 1 is 0.564 bits per heavy atom. The van der Waals surface area contributed by atoms with Crippen LogP contribution in [-0.4, -0.2) is 46.9 Å². The minimum absolute atomic E-state index is 0.0420. The van der Waals surface area contributed by atoms with Gasteiger partial charge in [-0.05, 0) is 77.0 Å². The lowest BCUT2D eigenvalue weighted by molar-refractivity contribution is -0.151. The van der Waals surface area contributed by atoms with Crippen molar-refractivity contribution in [3.63, 3.8) is 0 Å². The summed E-state index contributed by atoms with van der Waals surface area (Å²) in [5, 5.41) is 23.6. The first-order valence-corrected chi connectivity index (χ1v) is 22.7. The molecule has 6 heteroatoms. The largest absolute Gasteiger partial charge is 0.462 e. The number of hydrogen-bond donors (Lipinski definition) is 3. The van der Waals surface area contributed by atoms with Crippen molar-refractivity contribution in [2.75, 3.05) is 6.61 Å². The number of unbranched alkanes of at least 4 members (excludes halogenated alkanes) is 17. The van der Waals surface area contributed by atoms with Crippen LogP contribution >= 0.6 is 0 Å². The van der Waals surface area contributed by atoms with Crippen molar-refractivity contribution in [3.8, 4) is 0 Å². The first kappa shape index (κ1) is 52.3. The lowest BCUT2D eigenvalue weighted by atomic mass is 10.0. The van der Waals surface area contributed by atoms with Gasteiger partial charge in [0.25, 0.3) is 0 Å². The molecule has 0 aromatic heterocycles. The van der Waals surface area contributed by atoms with Gasteiger partial charge in [0.1, 0.15) is 6.10 Å². The molecular formula is C49H85NO5. The predicted octanol–water partition coefficient (Wildman–Crippen LogP) is 13.1. The number of amides is 1. The molecule has 3 atom stereocenters. The van der Waals surface area contributed by atoms with Crippen molar-refractivity contribution < 1.29 is 24.5 Å². The number of ether oxygens (including phenoxy) is 1. The van der Waals surface area contributed by atoms with E-state index in [1.807, 2.05) is 12.2 Å². The number of aliphatic hydroxyl groups excluding tert-OH is 2. The molecule has 3 N–H and O–H groups in total. The van der Waals surface area contributed by atoms with Crippen molar-refractivity contribution in [1.29, 1.82) is 0 Å².